The van der Waals surface area contributed by atoms with E-state index in [-0.39, 0.29) is 0 Å². The van der Waals surface area contributed by atoms with E-state index >= 15 is 0 Å². The normalized spacial score (nSPS) is 15.7. The average molecular weight is 312 g/mol. The van der Waals surface area contributed by atoms with Crippen molar-refractivity contribution in [1.29, 1.82) is 0 Å². The summed E-state index contributed by atoms with van der Waals surface area (Å²) in [5, 5.41) is 0. The third-order valence-electron chi connectivity index (χ3n) is 4.26. The molecule has 1 aliphatic rings. The lowest BCUT2D eigenvalue weighted by Gasteiger charge is -2.13. The summed E-state index contributed by atoms with van der Waals surface area (Å²) in [5.74, 6) is 0. The summed E-state index contributed by atoms with van der Waals surface area (Å²) < 4.78 is 2.39. The molecular formula is C19H24N2S. The lowest BCUT2D eigenvalue weighted by atomic mass is 9.96. The first-order valence-electron chi connectivity index (χ1n) is 7.86. The van der Waals surface area contributed by atoms with Crippen molar-refractivity contribution in [2.75, 3.05) is 26.9 Å². The Labute approximate surface area is 137 Å². The van der Waals surface area contributed by atoms with E-state index in [1.165, 1.54) is 27.3 Å². The SMILES string of the molecule is CSc1ccc2c(c1)/C(=C\CCN(C)C)c1cccn1CC2. The topological polar surface area (TPSA) is 8.17 Å². The lowest BCUT2D eigenvalue weighted by molar-refractivity contribution is 0.417. The van der Waals surface area contributed by atoms with Crippen LogP contribution in [-0.2, 0) is 13.0 Å². The van der Waals surface area contributed by atoms with Crippen molar-refractivity contribution in [3.05, 3.63) is 59.4 Å². The molecule has 2 aromatic rings. The molecule has 0 saturated carbocycles. The molecule has 0 amide bonds. The molecule has 0 atom stereocenters. The monoisotopic (exact) mass is 312 g/mol. The molecular weight excluding hydrogens is 288 g/mol. The van der Waals surface area contributed by atoms with Gasteiger partial charge in [0.15, 0.2) is 0 Å². The van der Waals surface area contributed by atoms with Gasteiger partial charge in [-0.2, -0.15) is 0 Å². The van der Waals surface area contributed by atoms with Gasteiger partial charge in [0.05, 0.1) is 0 Å². The van der Waals surface area contributed by atoms with E-state index in [1.807, 2.05) is 11.8 Å². The zero-order valence-corrected chi connectivity index (χ0v) is 14.5. The van der Waals surface area contributed by atoms with Gasteiger partial charge in [-0.25, -0.2) is 0 Å². The highest BCUT2D eigenvalue weighted by atomic mass is 32.2. The fourth-order valence-corrected chi connectivity index (χ4v) is 3.51. The fourth-order valence-electron chi connectivity index (χ4n) is 3.07. The van der Waals surface area contributed by atoms with Gasteiger partial charge in [0, 0.05) is 35.4 Å². The zero-order chi connectivity index (χ0) is 15.5. The lowest BCUT2D eigenvalue weighted by Crippen LogP contribution is -2.12. The van der Waals surface area contributed by atoms with Crippen LogP contribution in [0.5, 0.6) is 0 Å². The summed E-state index contributed by atoms with van der Waals surface area (Å²) in [6.07, 6.45) is 8.96. The van der Waals surface area contributed by atoms with Crippen molar-refractivity contribution in [1.82, 2.24) is 9.47 Å². The molecule has 1 aromatic carbocycles. The third-order valence-corrected chi connectivity index (χ3v) is 4.98. The average Bonchev–Trinajstić information content (AvgIpc) is 2.92. The first kappa shape index (κ1) is 15.4. The summed E-state index contributed by atoms with van der Waals surface area (Å²) in [6, 6.07) is 11.3. The van der Waals surface area contributed by atoms with E-state index in [2.05, 4.69) is 72.4 Å². The van der Waals surface area contributed by atoms with Gasteiger partial charge in [-0.15, -0.1) is 11.8 Å². The molecule has 22 heavy (non-hydrogen) atoms. The molecule has 0 saturated heterocycles. The van der Waals surface area contributed by atoms with Crippen LogP contribution in [0.2, 0.25) is 0 Å². The van der Waals surface area contributed by atoms with Crippen molar-refractivity contribution in [2.24, 2.45) is 0 Å². The predicted octanol–water partition coefficient (Wildman–Crippen LogP) is 4.15. The third kappa shape index (κ3) is 3.16. The number of aryl methyl sites for hydroxylation is 2. The predicted molar refractivity (Wildman–Crippen MR) is 96.6 cm³/mol. The van der Waals surface area contributed by atoms with Crippen molar-refractivity contribution in [2.45, 2.75) is 24.3 Å². The second-order valence-electron chi connectivity index (χ2n) is 6.07. The fraction of sp³-hybridized carbons (Fsp3) is 0.368. The first-order chi connectivity index (χ1) is 10.7. The van der Waals surface area contributed by atoms with Gasteiger partial charge < -0.3 is 9.47 Å². The minimum Gasteiger partial charge on any atom is -0.347 e. The molecule has 0 radical (unpaired) electrons. The van der Waals surface area contributed by atoms with Crippen molar-refractivity contribution in [3.8, 4) is 0 Å². The second-order valence-corrected chi connectivity index (χ2v) is 6.95. The van der Waals surface area contributed by atoms with Crippen LogP contribution in [0.25, 0.3) is 5.57 Å². The van der Waals surface area contributed by atoms with Gasteiger partial charge in [-0.05, 0) is 68.6 Å². The smallest absolute Gasteiger partial charge is 0.0483 e. The number of rotatable bonds is 4. The maximum absolute atomic E-state index is 2.42. The van der Waals surface area contributed by atoms with Crippen LogP contribution in [0.15, 0.2) is 47.5 Å². The molecule has 0 spiro atoms. The van der Waals surface area contributed by atoms with Crippen LogP contribution >= 0.6 is 11.8 Å². The molecule has 0 bridgehead atoms. The number of nitrogens with zero attached hydrogens (tertiary/aromatic N) is 2. The highest BCUT2D eigenvalue weighted by Gasteiger charge is 2.17. The van der Waals surface area contributed by atoms with Gasteiger partial charge in [0.1, 0.15) is 0 Å². The molecule has 116 valence electrons. The van der Waals surface area contributed by atoms with Crippen LogP contribution in [0.1, 0.15) is 23.2 Å². The Morgan fingerprint density at radius 3 is 2.91 bits per heavy atom. The summed E-state index contributed by atoms with van der Waals surface area (Å²) in [6.45, 7) is 2.15. The molecule has 2 heterocycles. The quantitative estimate of drug-likeness (QED) is 0.784. The summed E-state index contributed by atoms with van der Waals surface area (Å²) in [4.78, 5) is 3.59. The van der Waals surface area contributed by atoms with Crippen molar-refractivity contribution < 1.29 is 0 Å². The van der Waals surface area contributed by atoms with Crippen LogP contribution in [0.4, 0.5) is 0 Å². The Bertz CT molecular complexity index is 682. The van der Waals surface area contributed by atoms with Gasteiger partial charge in [0.25, 0.3) is 0 Å². The van der Waals surface area contributed by atoms with E-state index in [0.29, 0.717) is 0 Å². The maximum atomic E-state index is 2.42. The van der Waals surface area contributed by atoms with Crippen LogP contribution in [0.3, 0.4) is 0 Å². The molecule has 0 unspecified atom stereocenters. The van der Waals surface area contributed by atoms with Crippen LogP contribution in [-0.4, -0.2) is 36.4 Å². The first-order valence-corrected chi connectivity index (χ1v) is 9.09. The Morgan fingerprint density at radius 2 is 2.14 bits per heavy atom. The van der Waals surface area contributed by atoms with Crippen LogP contribution < -0.4 is 0 Å². The molecule has 2 nitrogen and oxygen atoms in total. The standard InChI is InChI=1S/C19H24N2S/c1-20(2)11-4-6-17-18-14-16(22-3)9-8-15(18)10-13-21-12-5-7-19(17)21/h5-9,12,14H,4,10-11,13H2,1-3H3/b17-6+. The Balaban J connectivity index is 2.06. The summed E-state index contributed by atoms with van der Waals surface area (Å²) in [7, 11) is 4.27. The zero-order valence-electron chi connectivity index (χ0n) is 13.7. The number of benzene rings is 1. The van der Waals surface area contributed by atoms with Crippen molar-refractivity contribution in [3.63, 3.8) is 0 Å². The molecule has 1 aliphatic heterocycles. The number of hydrogen-bond acceptors (Lipinski definition) is 2. The molecule has 0 aliphatic carbocycles. The van der Waals surface area contributed by atoms with Gasteiger partial charge in [0.2, 0.25) is 0 Å². The highest BCUT2D eigenvalue weighted by Crippen LogP contribution is 2.33. The molecule has 0 fully saturated rings. The molecule has 0 N–H and O–H groups in total. The summed E-state index contributed by atoms with van der Waals surface area (Å²) in [5.41, 5.74) is 5.65. The highest BCUT2D eigenvalue weighted by molar-refractivity contribution is 7.98. The minimum atomic E-state index is 1.07. The largest absolute Gasteiger partial charge is 0.347 e. The van der Waals surface area contributed by atoms with E-state index in [0.717, 1.165) is 25.9 Å². The Kier molecular flexibility index (Phi) is 4.74. The summed E-state index contributed by atoms with van der Waals surface area (Å²) >= 11 is 1.82. The number of thioether (sulfide) groups is 1. The minimum absolute atomic E-state index is 1.07. The van der Waals surface area contributed by atoms with Gasteiger partial charge >= 0.3 is 0 Å². The van der Waals surface area contributed by atoms with E-state index in [4.69, 9.17) is 0 Å². The maximum Gasteiger partial charge on any atom is 0.0483 e. The van der Waals surface area contributed by atoms with Crippen LogP contribution in [0, 0.1) is 0 Å². The number of hydrogen-bond donors (Lipinski definition) is 0. The number of fused-ring (bicyclic) bond motifs is 2. The van der Waals surface area contributed by atoms with E-state index < -0.39 is 0 Å². The molecule has 3 rings (SSSR count). The van der Waals surface area contributed by atoms with E-state index in [1.54, 1.807) is 0 Å². The molecule has 1 aromatic heterocycles. The van der Waals surface area contributed by atoms with Crippen molar-refractivity contribution >= 4 is 17.3 Å². The molecule has 3 heteroatoms. The Hall–Kier alpha value is -1.45. The van der Waals surface area contributed by atoms with E-state index in [9.17, 15) is 0 Å². The number of aromatic nitrogens is 1. The van der Waals surface area contributed by atoms with Gasteiger partial charge in [-0.1, -0.05) is 12.1 Å². The Morgan fingerprint density at radius 1 is 1.27 bits per heavy atom. The second kappa shape index (κ2) is 6.76. The van der Waals surface area contributed by atoms with Gasteiger partial charge in [-0.3, -0.25) is 0 Å².